The lowest BCUT2D eigenvalue weighted by molar-refractivity contribution is -0.128. The summed E-state index contributed by atoms with van der Waals surface area (Å²) in [6.07, 6.45) is 9.71. The van der Waals surface area contributed by atoms with Gasteiger partial charge in [0.25, 0.3) is 0 Å². The quantitative estimate of drug-likeness (QED) is 0.559. The number of halogens is 1. The first-order chi connectivity index (χ1) is 14.4. The molecule has 2 heterocycles. The van der Waals surface area contributed by atoms with Gasteiger partial charge in [0, 0.05) is 37.5 Å². The normalized spacial score (nSPS) is 27.4. The number of carbonyl (C=O) groups excluding carboxylic acids is 2. The molecule has 30 heavy (non-hydrogen) atoms. The third kappa shape index (κ3) is 7.57. The lowest BCUT2D eigenvalue weighted by Gasteiger charge is -2.29. The smallest absolute Gasteiger partial charge is 0.241 e. The van der Waals surface area contributed by atoms with Crippen molar-refractivity contribution in [3.63, 3.8) is 0 Å². The van der Waals surface area contributed by atoms with Gasteiger partial charge in [0.1, 0.15) is 17.6 Å². The highest BCUT2D eigenvalue weighted by molar-refractivity contribution is 5.82. The van der Waals surface area contributed by atoms with Crippen LogP contribution in [0.5, 0.6) is 0 Å². The molecule has 2 atom stereocenters. The predicted molar refractivity (Wildman–Crippen MR) is 115 cm³/mol. The summed E-state index contributed by atoms with van der Waals surface area (Å²) in [5, 5.41) is 9.03. The molecular formula is C22H35FN4O3. The zero-order valence-electron chi connectivity index (χ0n) is 18.1. The third-order valence-corrected chi connectivity index (χ3v) is 5.48. The van der Waals surface area contributed by atoms with Crippen molar-refractivity contribution in [1.82, 2.24) is 21.4 Å². The SMILES string of the molecule is C=C/C(F)=C1/CC(C(=O)NC2CCCCC2)NO/C1=C\C.CC(=O)NC1CCNC1. The van der Waals surface area contributed by atoms with E-state index >= 15 is 0 Å². The van der Waals surface area contributed by atoms with Crippen LogP contribution in [0.1, 0.15) is 58.8 Å². The lowest BCUT2D eigenvalue weighted by atomic mass is 9.94. The Bertz CT molecular complexity index is 665. The number of rotatable bonds is 4. The maximum atomic E-state index is 13.8. The van der Waals surface area contributed by atoms with Crippen molar-refractivity contribution in [2.45, 2.75) is 76.9 Å². The standard InChI is InChI=1S/C16H23FN2O2.C6H12N2O/c1-3-13(17)12-10-14(19-21-15(12)4-2)16(20)18-11-8-6-5-7-9-11;1-5(9)8-6-2-3-7-4-6/h3-4,11,14,19H,1,5-10H2,2H3,(H,18,20);6-7H,2-4H2,1H3,(H,8,9)/b13-12+,15-4-;. The highest BCUT2D eigenvalue weighted by Gasteiger charge is 2.30. The van der Waals surface area contributed by atoms with Crippen LogP contribution in [0.3, 0.4) is 0 Å². The molecule has 3 aliphatic rings. The molecule has 0 aromatic heterocycles. The van der Waals surface area contributed by atoms with Crippen molar-refractivity contribution in [3.8, 4) is 0 Å². The molecule has 1 saturated carbocycles. The van der Waals surface area contributed by atoms with E-state index in [0.717, 1.165) is 51.3 Å². The number of carbonyl (C=O) groups is 2. The van der Waals surface area contributed by atoms with Gasteiger partial charge >= 0.3 is 0 Å². The molecule has 168 valence electrons. The monoisotopic (exact) mass is 422 g/mol. The second-order valence-electron chi connectivity index (χ2n) is 7.89. The molecule has 0 aromatic carbocycles. The summed E-state index contributed by atoms with van der Waals surface area (Å²) in [5.41, 5.74) is 3.09. The molecule has 1 aliphatic carbocycles. The van der Waals surface area contributed by atoms with E-state index in [-0.39, 0.29) is 24.3 Å². The largest absolute Gasteiger partial charge is 0.408 e. The van der Waals surface area contributed by atoms with Crippen LogP contribution in [0.25, 0.3) is 0 Å². The predicted octanol–water partition coefficient (Wildman–Crippen LogP) is 2.53. The van der Waals surface area contributed by atoms with Crippen LogP contribution in [0, 0.1) is 0 Å². The highest BCUT2D eigenvalue weighted by Crippen LogP contribution is 2.27. The lowest BCUT2D eigenvalue weighted by Crippen LogP contribution is -2.50. The Hall–Kier alpha value is -2.19. The molecule has 0 radical (unpaired) electrons. The fourth-order valence-corrected chi connectivity index (χ4v) is 3.87. The zero-order valence-corrected chi connectivity index (χ0v) is 18.1. The van der Waals surface area contributed by atoms with Crippen LogP contribution in [0.15, 0.2) is 35.9 Å². The van der Waals surface area contributed by atoms with Gasteiger partial charge in [-0.15, -0.1) is 5.48 Å². The summed E-state index contributed by atoms with van der Waals surface area (Å²) < 4.78 is 13.8. The second-order valence-corrected chi connectivity index (χ2v) is 7.89. The number of allylic oxidation sites excluding steroid dienone is 4. The van der Waals surface area contributed by atoms with Gasteiger partial charge in [-0.05, 0) is 44.9 Å². The Morgan fingerprint density at radius 1 is 1.17 bits per heavy atom. The first-order valence-corrected chi connectivity index (χ1v) is 10.8. The fourth-order valence-electron chi connectivity index (χ4n) is 3.87. The van der Waals surface area contributed by atoms with Crippen molar-refractivity contribution >= 4 is 11.8 Å². The van der Waals surface area contributed by atoms with Crippen molar-refractivity contribution in [2.24, 2.45) is 0 Å². The molecule has 0 spiro atoms. The molecule has 3 rings (SSSR count). The Morgan fingerprint density at radius 3 is 2.47 bits per heavy atom. The molecule has 8 heteroatoms. The van der Waals surface area contributed by atoms with Gasteiger partial charge in [-0.1, -0.05) is 25.8 Å². The molecule has 3 fully saturated rings. The number of hydrogen-bond acceptors (Lipinski definition) is 5. The summed E-state index contributed by atoms with van der Waals surface area (Å²) in [4.78, 5) is 28.0. The van der Waals surface area contributed by atoms with Crippen molar-refractivity contribution in [3.05, 3.63) is 35.9 Å². The van der Waals surface area contributed by atoms with Crippen LogP contribution in [0.2, 0.25) is 0 Å². The van der Waals surface area contributed by atoms with Gasteiger partial charge in [-0.2, -0.15) is 0 Å². The van der Waals surface area contributed by atoms with Crippen molar-refractivity contribution in [1.29, 1.82) is 0 Å². The van der Waals surface area contributed by atoms with E-state index < -0.39 is 11.9 Å². The average molecular weight is 423 g/mol. The van der Waals surface area contributed by atoms with E-state index in [1.54, 1.807) is 19.9 Å². The molecule has 0 bridgehead atoms. The fraction of sp³-hybridized carbons (Fsp3) is 0.636. The summed E-state index contributed by atoms with van der Waals surface area (Å²) >= 11 is 0. The Morgan fingerprint density at radius 2 is 1.90 bits per heavy atom. The summed E-state index contributed by atoms with van der Waals surface area (Å²) in [6.45, 7) is 8.71. The molecule has 2 aliphatic heterocycles. The molecule has 2 amide bonds. The Balaban J connectivity index is 0.000000297. The minimum absolute atomic E-state index is 0.0729. The van der Waals surface area contributed by atoms with E-state index in [0.29, 0.717) is 17.4 Å². The molecular weight excluding hydrogens is 387 g/mol. The first kappa shape index (κ1) is 24.1. The topological polar surface area (TPSA) is 91.5 Å². The molecule has 0 aromatic rings. The van der Waals surface area contributed by atoms with Crippen LogP contribution >= 0.6 is 0 Å². The highest BCUT2D eigenvalue weighted by atomic mass is 19.1. The van der Waals surface area contributed by atoms with Gasteiger partial charge in [-0.25, -0.2) is 4.39 Å². The number of nitrogens with one attached hydrogen (secondary N) is 4. The van der Waals surface area contributed by atoms with Gasteiger partial charge in [-0.3, -0.25) is 9.59 Å². The molecule has 2 saturated heterocycles. The van der Waals surface area contributed by atoms with Crippen LogP contribution in [0.4, 0.5) is 4.39 Å². The van der Waals surface area contributed by atoms with E-state index in [4.69, 9.17) is 4.84 Å². The number of hydroxylamine groups is 1. The second kappa shape index (κ2) is 12.5. The van der Waals surface area contributed by atoms with Crippen LogP contribution in [-0.4, -0.2) is 43.0 Å². The Kier molecular flexibility index (Phi) is 10.0. The zero-order chi connectivity index (χ0) is 21.9. The Labute approximate surface area is 178 Å². The molecule has 2 unspecified atom stereocenters. The maximum absolute atomic E-state index is 13.8. The van der Waals surface area contributed by atoms with Gasteiger partial charge in [0.05, 0.1) is 0 Å². The van der Waals surface area contributed by atoms with Crippen LogP contribution < -0.4 is 21.4 Å². The van der Waals surface area contributed by atoms with Gasteiger partial charge in [0.2, 0.25) is 11.8 Å². The molecule has 7 nitrogen and oxygen atoms in total. The summed E-state index contributed by atoms with van der Waals surface area (Å²) in [7, 11) is 0. The summed E-state index contributed by atoms with van der Waals surface area (Å²) in [5.74, 6) is -0.0932. The third-order valence-electron chi connectivity index (χ3n) is 5.48. The maximum Gasteiger partial charge on any atom is 0.241 e. The minimum Gasteiger partial charge on any atom is -0.408 e. The van der Waals surface area contributed by atoms with Crippen LogP contribution in [-0.2, 0) is 14.4 Å². The summed E-state index contributed by atoms with van der Waals surface area (Å²) in [6, 6.07) is 0.0340. The van der Waals surface area contributed by atoms with E-state index in [2.05, 4.69) is 28.0 Å². The average Bonchev–Trinajstić information content (AvgIpc) is 3.26. The van der Waals surface area contributed by atoms with Gasteiger partial charge < -0.3 is 20.8 Å². The minimum atomic E-state index is -0.573. The van der Waals surface area contributed by atoms with E-state index in [1.807, 2.05) is 0 Å². The van der Waals surface area contributed by atoms with Crippen molar-refractivity contribution < 1.29 is 18.8 Å². The van der Waals surface area contributed by atoms with E-state index in [9.17, 15) is 14.0 Å². The van der Waals surface area contributed by atoms with E-state index in [1.165, 1.54) is 6.42 Å². The van der Waals surface area contributed by atoms with Gasteiger partial charge in [0.15, 0.2) is 0 Å². The molecule has 4 N–H and O–H groups in total. The van der Waals surface area contributed by atoms with Crippen molar-refractivity contribution in [2.75, 3.05) is 13.1 Å². The first-order valence-electron chi connectivity index (χ1n) is 10.8. The number of amides is 2. The number of hydrogen-bond donors (Lipinski definition) is 4.